The minimum absolute atomic E-state index is 0.0896. The number of nitro benzene ring substituents is 1. The third-order valence-corrected chi connectivity index (χ3v) is 3.11. The number of carbonyl (C=O) groups is 2. The number of anilines is 1. The Morgan fingerprint density at radius 2 is 1.88 bits per heavy atom. The SMILES string of the molecule is Cc1cc([N+](=O)[O-])ccc1NC(=O)COC(=O)c1ccc(F)cc1. The summed E-state index contributed by atoms with van der Waals surface area (Å²) in [5.41, 5.74) is 0.912. The Hall–Kier alpha value is -3.29. The molecule has 0 heterocycles. The van der Waals surface area contributed by atoms with E-state index in [0.717, 1.165) is 12.1 Å². The molecule has 8 heteroatoms. The maximum absolute atomic E-state index is 12.8. The fourth-order valence-corrected chi connectivity index (χ4v) is 1.89. The van der Waals surface area contributed by atoms with Crippen molar-refractivity contribution in [1.82, 2.24) is 0 Å². The Balaban J connectivity index is 1.92. The molecule has 24 heavy (non-hydrogen) atoms. The maximum Gasteiger partial charge on any atom is 0.338 e. The van der Waals surface area contributed by atoms with E-state index >= 15 is 0 Å². The van der Waals surface area contributed by atoms with Gasteiger partial charge in [-0.3, -0.25) is 14.9 Å². The van der Waals surface area contributed by atoms with Gasteiger partial charge in [-0.15, -0.1) is 0 Å². The second-order valence-electron chi connectivity index (χ2n) is 4.89. The molecule has 7 nitrogen and oxygen atoms in total. The molecule has 0 aliphatic rings. The number of benzene rings is 2. The Labute approximate surface area is 136 Å². The van der Waals surface area contributed by atoms with Crippen LogP contribution in [0.2, 0.25) is 0 Å². The summed E-state index contributed by atoms with van der Waals surface area (Å²) in [4.78, 5) is 33.6. The molecule has 0 atom stereocenters. The van der Waals surface area contributed by atoms with E-state index in [1.54, 1.807) is 6.92 Å². The van der Waals surface area contributed by atoms with Gasteiger partial charge < -0.3 is 10.1 Å². The summed E-state index contributed by atoms with van der Waals surface area (Å²) in [5, 5.41) is 13.2. The minimum atomic E-state index is -0.759. The number of hydrogen-bond acceptors (Lipinski definition) is 5. The van der Waals surface area contributed by atoms with Crippen molar-refractivity contribution in [3.63, 3.8) is 0 Å². The number of esters is 1. The zero-order chi connectivity index (χ0) is 17.7. The number of rotatable bonds is 5. The highest BCUT2D eigenvalue weighted by atomic mass is 19.1. The molecular formula is C16H13FN2O5. The van der Waals surface area contributed by atoms with Crippen LogP contribution >= 0.6 is 0 Å². The lowest BCUT2D eigenvalue weighted by Gasteiger charge is -2.09. The Morgan fingerprint density at radius 3 is 2.46 bits per heavy atom. The van der Waals surface area contributed by atoms with Crippen molar-refractivity contribution in [2.45, 2.75) is 6.92 Å². The van der Waals surface area contributed by atoms with Crippen LogP contribution < -0.4 is 5.32 Å². The lowest BCUT2D eigenvalue weighted by molar-refractivity contribution is -0.384. The topological polar surface area (TPSA) is 98.5 Å². The third-order valence-electron chi connectivity index (χ3n) is 3.11. The van der Waals surface area contributed by atoms with Crippen molar-refractivity contribution < 1.29 is 23.6 Å². The summed E-state index contributed by atoms with van der Waals surface area (Å²) in [6.45, 7) is 1.07. The number of aryl methyl sites for hydroxylation is 1. The second-order valence-corrected chi connectivity index (χ2v) is 4.89. The van der Waals surface area contributed by atoms with Gasteiger partial charge in [0.1, 0.15) is 5.82 Å². The quantitative estimate of drug-likeness (QED) is 0.516. The molecule has 0 saturated heterocycles. The third kappa shape index (κ3) is 4.35. The number of nitro groups is 1. The molecule has 0 aromatic heterocycles. The van der Waals surface area contributed by atoms with Crippen LogP contribution in [0.3, 0.4) is 0 Å². The molecule has 1 N–H and O–H groups in total. The zero-order valence-electron chi connectivity index (χ0n) is 12.6. The average Bonchev–Trinajstić information content (AvgIpc) is 2.55. The predicted octanol–water partition coefficient (Wildman–Crippen LogP) is 2.84. The Bertz CT molecular complexity index is 790. The molecule has 0 fully saturated rings. The molecule has 2 rings (SSSR count). The van der Waals surface area contributed by atoms with Gasteiger partial charge >= 0.3 is 5.97 Å². The summed E-state index contributed by atoms with van der Waals surface area (Å²) in [7, 11) is 0. The summed E-state index contributed by atoms with van der Waals surface area (Å²) in [5.74, 6) is -1.84. The van der Waals surface area contributed by atoms with Crippen LogP contribution in [0.4, 0.5) is 15.8 Å². The average molecular weight is 332 g/mol. The summed E-state index contributed by atoms with van der Waals surface area (Å²) >= 11 is 0. The lowest BCUT2D eigenvalue weighted by Crippen LogP contribution is -2.21. The number of amides is 1. The molecule has 0 bridgehead atoms. The Morgan fingerprint density at radius 1 is 1.21 bits per heavy atom. The first kappa shape index (κ1) is 17.1. The van der Waals surface area contributed by atoms with Gasteiger partial charge in [0.05, 0.1) is 10.5 Å². The van der Waals surface area contributed by atoms with E-state index in [4.69, 9.17) is 4.74 Å². The summed E-state index contributed by atoms with van der Waals surface area (Å²) in [6, 6.07) is 8.68. The van der Waals surface area contributed by atoms with Gasteiger partial charge in [0.15, 0.2) is 6.61 Å². The molecule has 0 aliphatic carbocycles. The molecule has 0 radical (unpaired) electrons. The fraction of sp³-hybridized carbons (Fsp3) is 0.125. The summed E-state index contributed by atoms with van der Waals surface area (Å²) < 4.78 is 17.6. The van der Waals surface area contributed by atoms with E-state index in [9.17, 15) is 24.1 Å². The van der Waals surface area contributed by atoms with Crippen molar-refractivity contribution in [2.24, 2.45) is 0 Å². The number of carbonyl (C=O) groups excluding carboxylic acids is 2. The van der Waals surface area contributed by atoms with Crippen LogP contribution in [-0.4, -0.2) is 23.4 Å². The maximum atomic E-state index is 12.8. The van der Waals surface area contributed by atoms with Crippen molar-refractivity contribution in [3.05, 3.63) is 69.5 Å². The van der Waals surface area contributed by atoms with E-state index < -0.39 is 29.2 Å². The first-order chi connectivity index (χ1) is 11.4. The van der Waals surface area contributed by atoms with Crippen LogP contribution in [0.5, 0.6) is 0 Å². The molecule has 2 aromatic rings. The van der Waals surface area contributed by atoms with Gasteiger partial charge in [0.25, 0.3) is 11.6 Å². The number of nitrogens with zero attached hydrogens (tertiary/aromatic N) is 1. The number of non-ortho nitro benzene ring substituents is 1. The van der Waals surface area contributed by atoms with Gasteiger partial charge in [-0.2, -0.15) is 0 Å². The van der Waals surface area contributed by atoms with Crippen LogP contribution in [0.1, 0.15) is 15.9 Å². The summed E-state index contributed by atoms with van der Waals surface area (Å²) in [6.07, 6.45) is 0. The standard InChI is InChI=1S/C16H13FN2O5/c1-10-8-13(19(22)23)6-7-14(10)18-15(20)9-24-16(21)11-2-4-12(17)5-3-11/h2-8H,9H2,1H3,(H,18,20). The largest absolute Gasteiger partial charge is 0.452 e. The fourth-order valence-electron chi connectivity index (χ4n) is 1.89. The highest BCUT2D eigenvalue weighted by Crippen LogP contribution is 2.21. The monoisotopic (exact) mass is 332 g/mol. The van der Waals surface area contributed by atoms with Gasteiger partial charge in [-0.05, 0) is 42.8 Å². The first-order valence-electron chi connectivity index (χ1n) is 6.84. The van der Waals surface area contributed by atoms with Gasteiger partial charge in [-0.25, -0.2) is 9.18 Å². The van der Waals surface area contributed by atoms with E-state index in [1.807, 2.05) is 0 Å². The van der Waals surface area contributed by atoms with E-state index in [2.05, 4.69) is 5.32 Å². The van der Waals surface area contributed by atoms with Crippen LogP contribution in [0.15, 0.2) is 42.5 Å². The van der Waals surface area contributed by atoms with Crippen molar-refractivity contribution in [1.29, 1.82) is 0 Å². The molecule has 0 saturated carbocycles. The molecule has 0 unspecified atom stereocenters. The Kier molecular flexibility index (Phi) is 5.20. The highest BCUT2D eigenvalue weighted by Gasteiger charge is 2.13. The number of hydrogen-bond donors (Lipinski definition) is 1. The van der Waals surface area contributed by atoms with E-state index in [0.29, 0.717) is 11.3 Å². The minimum Gasteiger partial charge on any atom is -0.452 e. The highest BCUT2D eigenvalue weighted by molar-refractivity contribution is 5.95. The van der Waals surface area contributed by atoms with E-state index in [1.165, 1.54) is 30.3 Å². The molecule has 2 aromatic carbocycles. The van der Waals surface area contributed by atoms with Crippen molar-refractivity contribution >= 4 is 23.3 Å². The number of halogens is 1. The number of ether oxygens (including phenoxy) is 1. The number of nitrogens with one attached hydrogen (secondary N) is 1. The second kappa shape index (κ2) is 7.32. The molecule has 1 amide bonds. The smallest absolute Gasteiger partial charge is 0.338 e. The van der Waals surface area contributed by atoms with E-state index in [-0.39, 0.29) is 11.3 Å². The molecular weight excluding hydrogens is 319 g/mol. The van der Waals surface area contributed by atoms with Crippen LogP contribution in [0, 0.1) is 22.9 Å². The van der Waals surface area contributed by atoms with Gasteiger partial charge in [0, 0.05) is 17.8 Å². The lowest BCUT2D eigenvalue weighted by atomic mass is 10.2. The van der Waals surface area contributed by atoms with Crippen molar-refractivity contribution in [2.75, 3.05) is 11.9 Å². The van der Waals surface area contributed by atoms with Crippen LogP contribution in [-0.2, 0) is 9.53 Å². The molecule has 0 spiro atoms. The zero-order valence-corrected chi connectivity index (χ0v) is 12.6. The molecule has 0 aliphatic heterocycles. The first-order valence-corrected chi connectivity index (χ1v) is 6.84. The van der Waals surface area contributed by atoms with Gasteiger partial charge in [-0.1, -0.05) is 0 Å². The van der Waals surface area contributed by atoms with Crippen molar-refractivity contribution in [3.8, 4) is 0 Å². The molecule has 124 valence electrons. The normalized spacial score (nSPS) is 10.1. The van der Waals surface area contributed by atoms with Crippen LogP contribution in [0.25, 0.3) is 0 Å². The predicted molar refractivity (Wildman–Crippen MR) is 83.1 cm³/mol. The van der Waals surface area contributed by atoms with Gasteiger partial charge in [0.2, 0.25) is 0 Å².